The van der Waals surface area contributed by atoms with Gasteiger partial charge in [0.15, 0.2) is 6.20 Å². The van der Waals surface area contributed by atoms with E-state index in [1.54, 1.807) is 19.2 Å². The molecule has 0 bridgehead atoms. The number of hydrogen-bond donors (Lipinski definition) is 0. The molecule has 0 N–H and O–H groups in total. The maximum Gasteiger partial charge on any atom is 0.227 e. The Morgan fingerprint density at radius 1 is 1.09 bits per heavy atom. The number of pyridine rings is 1. The second-order valence-corrected chi connectivity index (χ2v) is 5.35. The average Bonchev–Trinajstić information content (AvgIpc) is 2.55. The van der Waals surface area contributed by atoms with Crippen molar-refractivity contribution in [3.05, 3.63) is 71.9 Å². The predicted molar refractivity (Wildman–Crippen MR) is 96.5 cm³/mol. The second-order valence-electron chi connectivity index (χ2n) is 5.35. The highest BCUT2D eigenvalue weighted by molar-refractivity contribution is 8.93. The predicted octanol–water partition coefficient (Wildman–Crippen LogP) is 3.91. The minimum atomic E-state index is 0. The van der Waals surface area contributed by atoms with Crippen molar-refractivity contribution in [3.63, 3.8) is 0 Å². The number of carbonyl (C=O) groups excluding carboxylic acids is 1. The van der Waals surface area contributed by atoms with Crippen LogP contribution < -0.4 is 9.30 Å². The van der Waals surface area contributed by atoms with Crippen LogP contribution >= 0.6 is 17.0 Å². The molecule has 0 spiro atoms. The number of aryl methyl sites for hydroxylation is 1. The van der Waals surface area contributed by atoms with Crippen LogP contribution in [0.4, 0.5) is 0 Å². The molecule has 1 heterocycles. The fourth-order valence-corrected chi connectivity index (χ4v) is 2.56. The number of nitrogens with zero attached hydrogens (tertiary/aromatic N) is 1. The molecule has 4 heteroatoms. The van der Waals surface area contributed by atoms with Crippen LogP contribution in [-0.2, 0) is 6.54 Å². The molecule has 23 heavy (non-hydrogen) atoms. The van der Waals surface area contributed by atoms with Gasteiger partial charge in [-0.3, -0.25) is 4.79 Å². The SMILES string of the molecule is Br.COc1ccc(C(=O)C[n+]2cccc3cc(C)ccc32)cc1. The lowest BCUT2D eigenvalue weighted by Gasteiger charge is -2.03. The molecule has 0 radical (unpaired) electrons. The number of Topliss-reactive ketones (excluding diaryl/α,β-unsaturated/α-hetero) is 1. The van der Waals surface area contributed by atoms with Crippen molar-refractivity contribution in [2.45, 2.75) is 13.5 Å². The molecule has 0 aliphatic heterocycles. The van der Waals surface area contributed by atoms with Gasteiger partial charge in [0.05, 0.1) is 7.11 Å². The Bertz CT molecular complexity index is 828. The molecular formula is C19H19BrNO2+. The van der Waals surface area contributed by atoms with E-state index in [4.69, 9.17) is 4.74 Å². The Balaban J connectivity index is 0.00000192. The van der Waals surface area contributed by atoms with Gasteiger partial charge in [-0.2, -0.15) is 4.57 Å². The fourth-order valence-electron chi connectivity index (χ4n) is 2.56. The zero-order valence-electron chi connectivity index (χ0n) is 13.2. The van der Waals surface area contributed by atoms with E-state index in [1.807, 2.05) is 29.0 Å². The van der Waals surface area contributed by atoms with Gasteiger partial charge < -0.3 is 4.74 Å². The molecule has 0 fully saturated rings. The molecule has 0 unspecified atom stereocenters. The molecule has 3 nitrogen and oxygen atoms in total. The van der Waals surface area contributed by atoms with Gasteiger partial charge in [0.2, 0.25) is 17.8 Å². The van der Waals surface area contributed by atoms with Crippen LogP contribution in [0.15, 0.2) is 60.8 Å². The minimum absolute atomic E-state index is 0. The lowest BCUT2D eigenvalue weighted by atomic mass is 10.1. The van der Waals surface area contributed by atoms with Crippen molar-refractivity contribution in [1.82, 2.24) is 0 Å². The summed E-state index contributed by atoms with van der Waals surface area (Å²) in [5.41, 5.74) is 2.97. The first-order valence-electron chi connectivity index (χ1n) is 7.23. The summed E-state index contributed by atoms with van der Waals surface area (Å²) < 4.78 is 7.11. The molecular weight excluding hydrogens is 354 g/mol. The number of benzene rings is 2. The van der Waals surface area contributed by atoms with Gasteiger partial charge in [-0.25, -0.2) is 0 Å². The van der Waals surface area contributed by atoms with Gasteiger partial charge in [-0.15, -0.1) is 17.0 Å². The minimum Gasteiger partial charge on any atom is -0.497 e. The topological polar surface area (TPSA) is 30.2 Å². The van der Waals surface area contributed by atoms with Crippen LogP contribution in [0.25, 0.3) is 10.9 Å². The third-order valence-corrected chi connectivity index (χ3v) is 3.76. The molecule has 3 aromatic rings. The molecule has 0 saturated heterocycles. The number of ether oxygens (including phenoxy) is 1. The van der Waals surface area contributed by atoms with Gasteiger partial charge in [-0.05, 0) is 43.3 Å². The fraction of sp³-hybridized carbons (Fsp3) is 0.158. The number of halogens is 1. The first-order chi connectivity index (χ1) is 10.7. The summed E-state index contributed by atoms with van der Waals surface area (Å²) in [7, 11) is 1.62. The third kappa shape index (κ3) is 3.77. The monoisotopic (exact) mass is 372 g/mol. The number of methoxy groups -OCH3 is 1. The molecule has 118 valence electrons. The molecule has 2 aromatic carbocycles. The molecule has 0 atom stereocenters. The number of rotatable bonds is 4. The van der Waals surface area contributed by atoms with Crippen molar-refractivity contribution >= 4 is 33.7 Å². The summed E-state index contributed by atoms with van der Waals surface area (Å²) in [4.78, 5) is 12.5. The largest absolute Gasteiger partial charge is 0.497 e. The number of hydrogen-bond acceptors (Lipinski definition) is 2. The van der Waals surface area contributed by atoms with Crippen LogP contribution in [0.2, 0.25) is 0 Å². The zero-order chi connectivity index (χ0) is 15.5. The Labute approximate surface area is 146 Å². The Morgan fingerprint density at radius 3 is 2.52 bits per heavy atom. The molecule has 0 aliphatic carbocycles. The maximum absolute atomic E-state index is 12.5. The summed E-state index contributed by atoms with van der Waals surface area (Å²) in [6.07, 6.45) is 1.94. The maximum atomic E-state index is 12.5. The molecule has 1 aromatic heterocycles. The normalized spacial score (nSPS) is 10.2. The van der Waals surface area contributed by atoms with E-state index in [0.29, 0.717) is 12.1 Å². The van der Waals surface area contributed by atoms with Crippen molar-refractivity contribution in [2.24, 2.45) is 0 Å². The third-order valence-electron chi connectivity index (χ3n) is 3.76. The summed E-state index contributed by atoms with van der Waals surface area (Å²) in [6, 6.07) is 17.5. The van der Waals surface area contributed by atoms with Crippen molar-refractivity contribution < 1.29 is 14.1 Å². The van der Waals surface area contributed by atoms with Gasteiger partial charge >= 0.3 is 0 Å². The van der Waals surface area contributed by atoms with Gasteiger partial charge in [-0.1, -0.05) is 11.6 Å². The zero-order valence-corrected chi connectivity index (χ0v) is 14.9. The molecule has 0 amide bonds. The highest BCUT2D eigenvalue weighted by Crippen LogP contribution is 2.14. The first-order valence-corrected chi connectivity index (χ1v) is 7.23. The summed E-state index contributed by atoms with van der Waals surface area (Å²) in [6.45, 7) is 2.39. The average molecular weight is 373 g/mol. The van der Waals surface area contributed by atoms with Crippen LogP contribution in [0, 0.1) is 6.92 Å². The van der Waals surface area contributed by atoms with Crippen molar-refractivity contribution in [1.29, 1.82) is 0 Å². The van der Waals surface area contributed by atoms with Crippen LogP contribution in [-0.4, -0.2) is 12.9 Å². The summed E-state index contributed by atoms with van der Waals surface area (Å²) in [5, 5.41) is 1.14. The summed E-state index contributed by atoms with van der Waals surface area (Å²) >= 11 is 0. The Hall–Kier alpha value is -2.20. The highest BCUT2D eigenvalue weighted by atomic mass is 79.9. The smallest absolute Gasteiger partial charge is 0.227 e. The quantitative estimate of drug-likeness (QED) is 0.513. The number of fused-ring (bicyclic) bond motifs is 1. The van der Waals surface area contributed by atoms with Gasteiger partial charge in [0.25, 0.3) is 0 Å². The van der Waals surface area contributed by atoms with E-state index in [2.05, 4.69) is 31.2 Å². The number of aromatic nitrogens is 1. The Kier molecular flexibility index (Phi) is 5.50. The second kappa shape index (κ2) is 7.38. The van der Waals surface area contributed by atoms with E-state index in [9.17, 15) is 4.79 Å². The summed E-state index contributed by atoms with van der Waals surface area (Å²) in [5.74, 6) is 0.838. The van der Waals surface area contributed by atoms with Gasteiger partial charge in [0.1, 0.15) is 5.75 Å². The van der Waals surface area contributed by atoms with Crippen LogP contribution in [0.1, 0.15) is 15.9 Å². The molecule has 0 aliphatic rings. The lowest BCUT2D eigenvalue weighted by Crippen LogP contribution is -2.38. The van der Waals surface area contributed by atoms with E-state index >= 15 is 0 Å². The van der Waals surface area contributed by atoms with E-state index in [1.165, 1.54) is 5.56 Å². The highest BCUT2D eigenvalue weighted by Gasteiger charge is 2.15. The van der Waals surface area contributed by atoms with Crippen molar-refractivity contribution in [2.75, 3.05) is 7.11 Å². The van der Waals surface area contributed by atoms with E-state index in [-0.39, 0.29) is 22.8 Å². The number of ketones is 1. The van der Waals surface area contributed by atoms with Crippen LogP contribution in [0.3, 0.4) is 0 Å². The Morgan fingerprint density at radius 2 is 1.83 bits per heavy atom. The van der Waals surface area contributed by atoms with E-state index in [0.717, 1.165) is 16.7 Å². The lowest BCUT2D eigenvalue weighted by molar-refractivity contribution is -0.657. The van der Waals surface area contributed by atoms with Gasteiger partial charge in [0, 0.05) is 23.1 Å². The van der Waals surface area contributed by atoms with E-state index < -0.39 is 0 Å². The number of carbonyl (C=O) groups is 1. The first kappa shape index (κ1) is 17.2. The van der Waals surface area contributed by atoms with Crippen LogP contribution in [0.5, 0.6) is 5.75 Å². The van der Waals surface area contributed by atoms with Crippen molar-refractivity contribution in [3.8, 4) is 5.75 Å². The standard InChI is InChI=1S/C19H18NO2.BrH/c1-14-5-10-18-16(12-14)4-3-11-20(18)13-19(21)15-6-8-17(22-2)9-7-15;/h3-12H,13H2,1-2H3;1H/q+1;. The molecule has 3 rings (SSSR count). The molecule has 0 saturated carbocycles.